The van der Waals surface area contributed by atoms with Crippen molar-refractivity contribution in [3.8, 4) is 5.69 Å². The van der Waals surface area contributed by atoms with Crippen molar-refractivity contribution in [2.45, 2.75) is 26.6 Å². The van der Waals surface area contributed by atoms with Crippen molar-refractivity contribution in [2.75, 3.05) is 5.73 Å². The highest BCUT2D eigenvalue weighted by Gasteiger charge is 2.33. The second-order valence-corrected chi connectivity index (χ2v) is 7.64. The minimum atomic E-state index is -4.64. The Balaban J connectivity index is 0.000000454. The van der Waals surface area contributed by atoms with Gasteiger partial charge in [-0.1, -0.05) is 18.2 Å². The van der Waals surface area contributed by atoms with Crippen molar-refractivity contribution in [1.29, 1.82) is 0 Å². The quantitative estimate of drug-likeness (QED) is 0.315. The Bertz CT molecular complexity index is 1410. The summed E-state index contributed by atoms with van der Waals surface area (Å²) in [4.78, 5) is 26.5. The van der Waals surface area contributed by atoms with E-state index < -0.39 is 23.6 Å². The third-order valence-electron chi connectivity index (χ3n) is 5.05. The van der Waals surface area contributed by atoms with Gasteiger partial charge in [0.25, 0.3) is 0 Å². The van der Waals surface area contributed by atoms with Gasteiger partial charge in [0.15, 0.2) is 11.6 Å². The molecule has 12 heteroatoms. The van der Waals surface area contributed by atoms with Gasteiger partial charge in [-0.25, -0.2) is 18.4 Å². The third kappa shape index (κ3) is 6.01. The molecule has 2 aromatic heterocycles. The maximum absolute atomic E-state index is 14.1. The summed E-state index contributed by atoms with van der Waals surface area (Å²) in [6, 6.07) is 10.2. The van der Waals surface area contributed by atoms with Crippen LogP contribution in [0, 0.1) is 18.6 Å². The summed E-state index contributed by atoms with van der Waals surface area (Å²) in [5, 5.41) is 4.01. The lowest BCUT2D eigenvalue weighted by Gasteiger charge is -2.08. The molecule has 0 atom stereocenters. The maximum Gasteiger partial charge on any atom is 0.449 e. The van der Waals surface area contributed by atoms with Crippen molar-refractivity contribution in [1.82, 2.24) is 19.3 Å². The summed E-state index contributed by atoms with van der Waals surface area (Å²) in [5.74, 6) is -2.77. The van der Waals surface area contributed by atoms with Gasteiger partial charge in [-0.05, 0) is 30.7 Å². The first kappa shape index (κ1) is 26.3. The monoisotopic (exact) mass is 505 g/mol. The van der Waals surface area contributed by atoms with Crippen LogP contribution >= 0.6 is 0 Å². The molecule has 2 N–H and O–H groups in total. The highest BCUT2D eigenvalue weighted by Crippen LogP contribution is 2.23. The Morgan fingerprint density at radius 1 is 1.08 bits per heavy atom. The molecule has 0 aliphatic heterocycles. The lowest BCUT2D eigenvalue weighted by molar-refractivity contribution is -0.168. The van der Waals surface area contributed by atoms with Gasteiger partial charge < -0.3 is 10.3 Å². The number of hydrogen-bond acceptors (Lipinski definition) is 5. The van der Waals surface area contributed by atoms with Gasteiger partial charge >= 0.3 is 6.18 Å². The fourth-order valence-electron chi connectivity index (χ4n) is 3.11. The molecule has 0 bridgehead atoms. The predicted octanol–water partition coefficient (Wildman–Crippen LogP) is 4.65. The predicted molar refractivity (Wildman–Crippen MR) is 121 cm³/mol. The Morgan fingerprint density at radius 2 is 1.78 bits per heavy atom. The number of imidazole rings is 1. The highest BCUT2D eigenvalue weighted by atomic mass is 19.4. The number of aryl methyl sites for hydroxylation is 1. The Morgan fingerprint density at radius 3 is 2.36 bits per heavy atom. The second kappa shape index (κ2) is 10.5. The summed E-state index contributed by atoms with van der Waals surface area (Å²) in [7, 11) is 0. The topological polar surface area (TPSA) is 95.8 Å². The van der Waals surface area contributed by atoms with E-state index in [2.05, 4.69) is 10.1 Å². The number of carbonyl (C=O) groups excluding carboxylic acids is 2. The summed E-state index contributed by atoms with van der Waals surface area (Å²) in [6.45, 7) is 2.96. The molecule has 4 aromatic rings. The number of Topliss-reactive ketones (excluding diaryl/α,β-unsaturated/α-hetero) is 1. The summed E-state index contributed by atoms with van der Waals surface area (Å²) >= 11 is 0. The van der Waals surface area contributed by atoms with E-state index in [1.54, 1.807) is 24.4 Å². The molecule has 0 fully saturated rings. The van der Waals surface area contributed by atoms with Crippen LogP contribution in [0.4, 0.5) is 27.8 Å². The molecule has 4 rings (SSSR count). The Kier molecular flexibility index (Phi) is 7.66. The fourth-order valence-corrected chi connectivity index (χ4v) is 3.11. The summed E-state index contributed by atoms with van der Waals surface area (Å²) in [6.07, 6.45) is 0.226. The number of nitrogen functional groups attached to an aromatic ring is 1. The molecule has 2 aromatic carbocycles. The molecule has 7 nitrogen and oxygen atoms in total. The molecule has 0 amide bonds. The van der Waals surface area contributed by atoms with Crippen molar-refractivity contribution >= 4 is 17.4 Å². The van der Waals surface area contributed by atoms with E-state index in [1.807, 2.05) is 23.8 Å². The van der Waals surface area contributed by atoms with E-state index in [9.17, 15) is 31.5 Å². The lowest BCUT2D eigenvalue weighted by atomic mass is 10.0. The van der Waals surface area contributed by atoms with Crippen LogP contribution in [-0.4, -0.2) is 37.1 Å². The van der Waals surface area contributed by atoms with Crippen LogP contribution in [0.1, 0.15) is 34.2 Å². The zero-order valence-electron chi connectivity index (χ0n) is 19.1. The van der Waals surface area contributed by atoms with Gasteiger partial charge in [-0.15, -0.1) is 0 Å². The number of ketones is 2. The molecule has 0 radical (unpaired) electrons. The average Bonchev–Trinajstić information content (AvgIpc) is 3.38. The van der Waals surface area contributed by atoms with Crippen molar-refractivity contribution in [3.63, 3.8) is 0 Å². The first-order valence-corrected chi connectivity index (χ1v) is 10.4. The third-order valence-corrected chi connectivity index (χ3v) is 5.05. The molecular weight excluding hydrogens is 485 g/mol. The standard InChI is InChI=1S/C21H17F2N5O.C3H3F3O/c1-13-25-7-8-27(13)12-14-3-2-4-15(9-14)20(29)17-11-26-28(21(17)24)19-6-5-16(22)10-18(19)23;1-2(7)3(4,5)6/h2-11H,12,24H2,1H3;1H3. The van der Waals surface area contributed by atoms with Gasteiger partial charge in [-0.3, -0.25) is 9.59 Å². The number of alkyl halides is 3. The van der Waals surface area contributed by atoms with Crippen LogP contribution in [0.5, 0.6) is 0 Å². The minimum Gasteiger partial charge on any atom is -0.383 e. The molecule has 0 saturated heterocycles. The zero-order valence-corrected chi connectivity index (χ0v) is 19.1. The molecule has 2 heterocycles. The van der Waals surface area contributed by atoms with Gasteiger partial charge in [0, 0.05) is 37.5 Å². The molecular formula is C24H20F5N5O2. The fraction of sp³-hybridized carbons (Fsp3) is 0.167. The molecule has 0 aliphatic rings. The molecule has 0 aliphatic carbocycles. The number of nitrogens with two attached hydrogens (primary N) is 1. The van der Waals surface area contributed by atoms with E-state index in [-0.39, 0.29) is 22.9 Å². The minimum absolute atomic E-state index is 0.0173. The van der Waals surface area contributed by atoms with Crippen molar-refractivity contribution < 1.29 is 31.5 Å². The number of benzene rings is 2. The average molecular weight is 505 g/mol. The number of nitrogens with zero attached hydrogens (tertiary/aromatic N) is 4. The molecule has 0 saturated carbocycles. The molecule has 0 spiro atoms. The zero-order chi connectivity index (χ0) is 26.6. The number of rotatable bonds is 5. The van der Waals surface area contributed by atoms with E-state index >= 15 is 0 Å². The van der Waals surface area contributed by atoms with E-state index in [0.717, 1.165) is 28.2 Å². The summed E-state index contributed by atoms with van der Waals surface area (Å²) < 4.78 is 62.8. The number of anilines is 1. The summed E-state index contributed by atoms with van der Waals surface area (Å²) in [5.41, 5.74) is 7.52. The van der Waals surface area contributed by atoms with E-state index in [0.29, 0.717) is 19.0 Å². The maximum atomic E-state index is 14.1. The first-order chi connectivity index (χ1) is 16.9. The number of halogens is 5. The smallest absolute Gasteiger partial charge is 0.383 e. The van der Waals surface area contributed by atoms with Crippen LogP contribution in [-0.2, 0) is 11.3 Å². The van der Waals surface area contributed by atoms with Crippen molar-refractivity contribution in [2.24, 2.45) is 0 Å². The molecule has 36 heavy (non-hydrogen) atoms. The van der Waals surface area contributed by atoms with Gasteiger partial charge in [0.05, 0.1) is 11.8 Å². The largest absolute Gasteiger partial charge is 0.449 e. The Hall–Kier alpha value is -4.35. The molecule has 188 valence electrons. The second-order valence-electron chi connectivity index (χ2n) is 7.64. The van der Waals surface area contributed by atoms with Gasteiger partial charge in [0.1, 0.15) is 23.1 Å². The van der Waals surface area contributed by atoms with Crippen LogP contribution in [0.15, 0.2) is 61.1 Å². The van der Waals surface area contributed by atoms with E-state index in [1.165, 1.54) is 12.3 Å². The van der Waals surface area contributed by atoms with Crippen LogP contribution in [0.3, 0.4) is 0 Å². The number of aromatic nitrogens is 4. The van der Waals surface area contributed by atoms with Crippen molar-refractivity contribution in [3.05, 3.63) is 95.2 Å². The van der Waals surface area contributed by atoms with Gasteiger partial charge in [0.2, 0.25) is 5.78 Å². The highest BCUT2D eigenvalue weighted by molar-refractivity contribution is 6.11. The first-order valence-electron chi connectivity index (χ1n) is 10.4. The van der Waals surface area contributed by atoms with E-state index in [4.69, 9.17) is 5.73 Å². The lowest BCUT2D eigenvalue weighted by Crippen LogP contribution is -2.18. The molecule has 0 unspecified atom stereocenters. The Labute approximate surface area is 202 Å². The van der Waals surface area contributed by atoms with Crippen LogP contribution in [0.25, 0.3) is 5.69 Å². The SMILES string of the molecule is CC(=O)C(F)(F)F.Cc1nccn1Cc1cccc(C(=O)c2cnn(-c3ccc(F)cc3F)c2N)c1. The van der Waals surface area contributed by atoms with Crippen LogP contribution in [0.2, 0.25) is 0 Å². The number of hydrogen-bond donors (Lipinski definition) is 1. The normalized spacial score (nSPS) is 11.1. The van der Waals surface area contributed by atoms with Crippen LogP contribution < -0.4 is 5.73 Å². The number of carbonyl (C=O) groups is 2. The van der Waals surface area contributed by atoms with Gasteiger partial charge in [-0.2, -0.15) is 18.3 Å².